The highest BCUT2D eigenvalue weighted by Gasteiger charge is 2.17. The molecule has 0 aliphatic heterocycles. The van der Waals surface area contributed by atoms with Gasteiger partial charge in [0.15, 0.2) is 0 Å². The summed E-state index contributed by atoms with van der Waals surface area (Å²) in [5.41, 5.74) is 2.59. The van der Waals surface area contributed by atoms with E-state index < -0.39 is 0 Å². The van der Waals surface area contributed by atoms with Gasteiger partial charge in [0.05, 0.1) is 0 Å². The molecule has 1 aromatic heterocycles. The molecule has 1 N–H and O–H groups in total. The molecule has 1 atom stereocenters. The average molecular weight is 337 g/mol. The van der Waals surface area contributed by atoms with Crippen molar-refractivity contribution in [3.05, 3.63) is 46.0 Å². The highest BCUT2D eigenvalue weighted by Crippen LogP contribution is 2.26. The van der Waals surface area contributed by atoms with Crippen LogP contribution < -0.4 is 5.32 Å². The lowest BCUT2D eigenvalue weighted by molar-refractivity contribution is 0.508. The molecule has 2 rings (SSSR count). The number of nitrogens with one attached hydrogen (secondary N) is 1. The number of nitrogens with zero attached hydrogens (tertiary/aromatic N) is 3. The Morgan fingerprint density at radius 1 is 1.35 bits per heavy atom. The molecular weight excluding hydrogens is 316 g/mol. The smallest absolute Gasteiger partial charge is 0.138 e. The lowest BCUT2D eigenvalue weighted by Gasteiger charge is -2.21. The number of benzene rings is 1. The van der Waals surface area contributed by atoms with Crippen molar-refractivity contribution in [2.75, 3.05) is 6.54 Å². The zero-order chi connectivity index (χ0) is 14.5. The molecule has 2 aromatic rings. The van der Waals surface area contributed by atoms with Gasteiger partial charge in [0.25, 0.3) is 0 Å². The van der Waals surface area contributed by atoms with Gasteiger partial charge in [0, 0.05) is 23.5 Å². The molecule has 0 saturated heterocycles. The van der Waals surface area contributed by atoms with Gasteiger partial charge in [-0.25, -0.2) is 4.98 Å². The zero-order valence-electron chi connectivity index (χ0n) is 12.2. The Labute approximate surface area is 128 Å². The van der Waals surface area contributed by atoms with E-state index in [1.54, 1.807) is 6.33 Å². The minimum atomic E-state index is 0.256. The summed E-state index contributed by atoms with van der Waals surface area (Å²) >= 11 is 3.61. The summed E-state index contributed by atoms with van der Waals surface area (Å²) < 4.78 is 3.10. The van der Waals surface area contributed by atoms with Crippen LogP contribution in [0.3, 0.4) is 0 Å². The SMILES string of the molecule is CCNC(Cc1ncnn1CC)c1cccc(Br)c1C. The third-order valence-electron chi connectivity index (χ3n) is 3.52. The predicted octanol–water partition coefficient (Wildman–Crippen LogP) is 3.26. The van der Waals surface area contributed by atoms with E-state index in [4.69, 9.17) is 0 Å². The highest BCUT2D eigenvalue weighted by atomic mass is 79.9. The molecule has 108 valence electrons. The maximum atomic E-state index is 4.39. The lowest BCUT2D eigenvalue weighted by Crippen LogP contribution is -2.25. The second kappa shape index (κ2) is 6.99. The normalized spacial score (nSPS) is 12.6. The monoisotopic (exact) mass is 336 g/mol. The molecule has 0 amide bonds. The molecule has 0 fully saturated rings. The number of likely N-dealkylation sites (N-methyl/N-ethyl adjacent to an activating group) is 1. The number of halogens is 1. The molecule has 0 radical (unpaired) electrons. The van der Waals surface area contributed by atoms with E-state index in [1.165, 1.54) is 11.1 Å². The van der Waals surface area contributed by atoms with Gasteiger partial charge >= 0.3 is 0 Å². The van der Waals surface area contributed by atoms with Crippen LogP contribution in [0.25, 0.3) is 0 Å². The fourth-order valence-electron chi connectivity index (χ4n) is 2.43. The van der Waals surface area contributed by atoms with Crippen molar-refractivity contribution >= 4 is 15.9 Å². The standard InChI is InChI=1S/C15H21BrN4/c1-4-17-14(9-15-18-10-19-20(15)5-2)12-7-6-8-13(16)11(12)3/h6-8,10,14,17H,4-5,9H2,1-3H3. The topological polar surface area (TPSA) is 42.7 Å². The van der Waals surface area contributed by atoms with Gasteiger partial charge in [-0.15, -0.1) is 0 Å². The van der Waals surface area contributed by atoms with Crippen molar-refractivity contribution in [1.82, 2.24) is 20.1 Å². The zero-order valence-corrected chi connectivity index (χ0v) is 13.8. The van der Waals surface area contributed by atoms with E-state index >= 15 is 0 Å². The van der Waals surface area contributed by atoms with E-state index in [9.17, 15) is 0 Å². The first-order valence-corrected chi connectivity index (χ1v) is 7.81. The van der Waals surface area contributed by atoms with Gasteiger partial charge in [-0.05, 0) is 37.6 Å². The van der Waals surface area contributed by atoms with Gasteiger partial charge in [-0.3, -0.25) is 4.68 Å². The van der Waals surface area contributed by atoms with Crippen LogP contribution in [0.4, 0.5) is 0 Å². The van der Waals surface area contributed by atoms with E-state index in [0.717, 1.165) is 29.8 Å². The summed E-state index contributed by atoms with van der Waals surface area (Å²) in [4.78, 5) is 4.39. The van der Waals surface area contributed by atoms with Crippen LogP contribution in [0.15, 0.2) is 29.0 Å². The van der Waals surface area contributed by atoms with Crippen LogP contribution in [-0.2, 0) is 13.0 Å². The van der Waals surface area contributed by atoms with Crippen molar-refractivity contribution in [3.8, 4) is 0 Å². The number of rotatable bonds is 6. The Bertz CT molecular complexity index is 565. The second-order valence-corrected chi connectivity index (χ2v) is 5.61. The van der Waals surface area contributed by atoms with E-state index in [-0.39, 0.29) is 6.04 Å². The van der Waals surface area contributed by atoms with Crippen LogP contribution in [-0.4, -0.2) is 21.3 Å². The lowest BCUT2D eigenvalue weighted by atomic mass is 9.98. The highest BCUT2D eigenvalue weighted by molar-refractivity contribution is 9.10. The molecule has 1 aromatic carbocycles. The van der Waals surface area contributed by atoms with Crippen molar-refractivity contribution in [2.24, 2.45) is 0 Å². The molecule has 0 aliphatic carbocycles. The Morgan fingerprint density at radius 3 is 2.85 bits per heavy atom. The minimum absolute atomic E-state index is 0.256. The summed E-state index contributed by atoms with van der Waals surface area (Å²) in [7, 11) is 0. The molecule has 0 aliphatic rings. The fraction of sp³-hybridized carbons (Fsp3) is 0.467. The molecule has 0 bridgehead atoms. The minimum Gasteiger partial charge on any atom is -0.310 e. The summed E-state index contributed by atoms with van der Waals surface area (Å²) in [6, 6.07) is 6.60. The third kappa shape index (κ3) is 3.27. The van der Waals surface area contributed by atoms with Gasteiger partial charge in [-0.2, -0.15) is 5.10 Å². The molecule has 5 heteroatoms. The molecule has 20 heavy (non-hydrogen) atoms. The van der Waals surface area contributed by atoms with E-state index in [1.807, 2.05) is 4.68 Å². The molecule has 1 unspecified atom stereocenters. The number of aromatic nitrogens is 3. The third-order valence-corrected chi connectivity index (χ3v) is 4.38. The van der Waals surface area contributed by atoms with Gasteiger partial charge < -0.3 is 5.32 Å². The molecule has 4 nitrogen and oxygen atoms in total. The Kier molecular flexibility index (Phi) is 5.31. The quantitative estimate of drug-likeness (QED) is 0.880. The first-order valence-electron chi connectivity index (χ1n) is 7.02. The van der Waals surface area contributed by atoms with Crippen molar-refractivity contribution in [2.45, 2.75) is 39.8 Å². The maximum Gasteiger partial charge on any atom is 0.138 e. The van der Waals surface area contributed by atoms with Crippen LogP contribution in [0.2, 0.25) is 0 Å². The van der Waals surface area contributed by atoms with Gasteiger partial charge in [0.2, 0.25) is 0 Å². The van der Waals surface area contributed by atoms with Crippen LogP contribution in [0.1, 0.15) is 36.8 Å². The Morgan fingerprint density at radius 2 is 2.15 bits per heavy atom. The molecule has 0 spiro atoms. The number of hydrogen-bond donors (Lipinski definition) is 1. The molecule has 0 saturated carbocycles. The summed E-state index contributed by atoms with van der Waals surface area (Å²) in [6.07, 6.45) is 2.48. The number of aryl methyl sites for hydroxylation is 1. The Hall–Kier alpha value is -1.20. The fourth-order valence-corrected chi connectivity index (χ4v) is 2.81. The van der Waals surface area contributed by atoms with Crippen molar-refractivity contribution in [3.63, 3.8) is 0 Å². The second-order valence-electron chi connectivity index (χ2n) is 4.76. The number of hydrogen-bond acceptors (Lipinski definition) is 3. The van der Waals surface area contributed by atoms with Gasteiger partial charge in [-0.1, -0.05) is 35.0 Å². The largest absolute Gasteiger partial charge is 0.310 e. The predicted molar refractivity (Wildman–Crippen MR) is 84.7 cm³/mol. The summed E-state index contributed by atoms with van der Waals surface area (Å²) in [6.45, 7) is 8.15. The Balaban J connectivity index is 2.29. The van der Waals surface area contributed by atoms with Crippen molar-refractivity contribution in [1.29, 1.82) is 0 Å². The van der Waals surface area contributed by atoms with Crippen LogP contribution in [0.5, 0.6) is 0 Å². The molecular formula is C15H21BrN4. The van der Waals surface area contributed by atoms with E-state index in [2.05, 4.69) is 70.3 Å². The van der Waals surface area contributed by atoms with Crippen LogP contribution >= 0.6 is 15.9 Å². The summed E-state index contributed by atoms with van der Waals surface area (Å²) in [5.74, 6) is 1.03. The van der Waals surface area contributed by atoms with E-state index in [0.29, 0.717) is 0 Å². The summed E-state index contributed by atoms with van der Waals surface area (Å²) in [5, 5.41) is 7.80. The van der Waals surface area contributed by atoms with Gasteiger partial charge in [0.1, 0.15) is 12.2 Å². The first kappa shape index (κ1) is 15.2. The van der Waals surface area contributed by atoms with Crippen molar-refractivity contribution < 1.29 is 0 Å². The maximum absolute atomic E-state index is 4.39. The first-order chi connectivity index (χ1) is 9.67. The molecule has 1 heterocycles. The average Bonchev–Trinajstić information content (AvgIpc) is 2.89. The van der Waals surface area contributed by atoms with Crippen LogP contribution in [0, 0.1) is 6.92 Å².